The molecule has 0 bridgehead atoms. The zero-order valence-electron chi connectivity index (χ0n) is 22.7. The summed E-state index contributed by atoms with van der Waals surface area (Å²) in [5.74, 6) is 1.04. The Labute approximate surface area is 224 Å². The van der Waals surface area contributed by atoms with Crippen LogP contribution in [0.1, 0.15) is 65.0 Å². The molecular weight excluding hydrogens is 505 g/mol. The van der Waals surface area contributed by atoms with Crippen LogP contribution in [-0.4, -0.2) is 54.7 Å². The van der Waals surface area contributed by atoms with Gasteiger partial charge in [0.2, 0.25) is 0 Å². The lowest BCUT2D eigenvalue weighted by atomic mass is 9.92. The van der Waals surface area contributed by atoms with Gasteiger partial charge in [0.15, 0.2) is 0 Å². The monoisotopic (exact) mass is 548 g/mol. The van der Waals surface area contributed by atoms with Crippen molar-refractivity contribution >= 4 is 28.2 Å². The average molecular weight is 549 g/mol. The molecule has 5 nitrogen and oxygen atoms in total. The molecule has 0 aliphatic carbocycles. The largest absolute Gasteiger partial charge is 0.539 e. The minimum Gasteiger partial charge on any atom is -0.392 e. The standard InChI is InChI=1S/C28H44O5SSi2/c1-6-29-35(30-7-2)24-22-27(33-36(35,31-8-3)32-9-4)21-16-23-34-28(5,25-17-12-10-13-18-25)26-19-14-11-15-20-26/h10-15,17-20,27H,6-9,16,21-24H2,1-5H3. The summed E-state index contributed by atoms with van der Waals surface area (Å²) in [4.78, 5) is 0. The minimum atomic E-state index is -3.08. The Hall–Kier alpha value is -0.976. The molecule has 1 aliphatic heterocycles. The molecule has 0 spiro atoms. The Kier molecular flexibility index (Phi) is 11.7. The average Bonchev–Trinajstić information content (AvgIpc) is 2.90. The maximum Gasteiger partial charge on any atom is 0.539 e. The molecule has 3 rings (SSSR count). The van der Waals surface area contributed by atoms with E-state index in [9.17, 15) is 0 Å². The highest BCUT2D eigenvalue weighted by Gasteiger charge is 2.70. The fraction of sp³-hybridized carbons (Fsp3) is 0.571. The molecule has 200 valence electrons. The lowest BCUT2D eigenvalue weighted by molar-refractivity contribution is 0.0123. The third kappa shape index (κ3) is 6.71. The lowest BCUT2D eigenvalue weighted by Gasteiger charge is -2.47. The predicted octanol–water partition coefficient (Wildman–Crippen LogP) is 6.86. The lowest BCUT2D eigenvalue weighted by Crippen LogP contribution is -2.75. The number of thioether (sulfide) groups is 1. The summed E-state index contributed by atoms with van der Waals surface area (Å²) in [6.07, 6.45) is 3.08. The molecule has 2 aromatic rings. The molecule has 36 heavy (non-hydrogen) atoms. The van der Waals surface area contributed by atoms with Gasteiger partial charge in [-0.05, 0) is 76.8 Å². The second-order valence-corrected chi connectivity index (χ2v) is 19.2. The normalized spacial score (nSPS) is 19.3. The highest BCUT2D eigenvalue weighted by atomic mass is 32.2. The summed E-state index contributed by atoms with van der Waals surface area (Å²) in [7, 11) is -5.83. The van der Waals surface area contributed by atoms with Crippen LogP contribution in [0.4, 0.5) is 0 Å². The smallest absolute Gasteiger partial charge is 0.392 e. The zero-order chi connectivity index (χ0) is 25.9. The van der Waals surface area contributed by atoms with Crippen molar-refractivity contribution in [2.24, 2.45) is 0 Å². The van der Waals surface area contributed by atoms with Gasteiger partial charge >= 0.3 is 16.4 Å². The first-order chi connectivity index (χ1) is 17.5. The van der Waals surface area contributed by atoms with Gasteiger partial charge in [-0.3, -0.25) is 0 Å². The van der Waals surface area contributed by atoms with Gasteiger partial charge in [0, 0.05) is 32.5 Å². The summed E-state index contributed by atoms with van der Waals surface area (Å²) in [6, 6.07) is 22.5. The van der Waals surface area contributed by atoms with Crippen molar-refractivity contribution in [1.29, 1.82) is 0 Å². The topological polar surface area (TPSA) is 46.2 Å². The van der Waals surface area contributed by atoms with Crippen LogP contribution in [0, 0.1) is 0 Å². The Morgan fingerprint density at radius 1 is 0.806 bits per heavy atom. The summed E-state index contributed by atoms with van der Waals surface area (Å²) < 4.78 is 32.0. The maximum absolute atomic E-state index is 6.77. The van der Waals surface area contributed by atoms with E-state index in [0.717, 1.165) is 31.1 Å². The van der Waals surface area contributed by atoms with Crippen molar-refractivity contribution in [2.45, 2.75) is 70.8 Å². The van der Waals surface area contributed by atoms with Crippen molar-refractivity contribution in [3.8, 4) is 0 Å². The van der Waals surface area contributed by atoms with Gasteiger partial charge in [-0.15, -0.1) is 11.8 Å². The highest BCUT2D eigenvalue weighted by Crippen LogP contribution is 2.43. The number of benzene rings is 2. The molecule has 1 aliphatic rings. The van der Waals surface area contributed by atoms with E-state index < -0.39 is 16.4 Å². The molecule has 0 N–H and O–H groups in total. The molecule has 1 unspecified atom stereocenters. The van der Waals surface area contributed by atoms with Crippen molar-refractivity contribution in [3.05, 3.63) is 71.8 Å². The van der Waals surface area contributed by atoms with Crippen LogP contribution in [0.5, 0.6) is 0 Å². The Balaban J connectivity index is 1.69. The van der Waals surface area contributed by atoms with Crippen LogP contribution < -0.4 is 0 Å². The van der Waals surface area contributed by atoms with Crippen LogP contribution >= 0.6 is 11.8 Å². The second-order valence-electron chi connectivity index (χ2n) is 9.08. The van der Waals surface area contributed by atoms with E-state index in [0.29, 0.717) is 26.4 Å². The van der Waals surface area contributed by atoms with Crippen LogP contribution in [0.25, 0.3) is 0 Å². The number of hydrogen-bond donors (Lipinski definition) is 0. The van der Waals surface area contributed by atoms with Gasteiger partial charge in [0.05, 0.1) is 4.75 Å². The summed E-state index contributed by atoms with van der Waals surface area (Å²) in [5, 5.41) is 0. The van der Waals surface area contributed by atoms with E-state index in [4.69, 9.17) is 22.1 Å². The molecule has 0 aromatic heterocycles. The Morgan fingerprint density at radius 3 is 1.78 bits per heavy atom. The van der Waals surface area contributed by atoms with E-state index in [1.807, 2.05) is 39.5 Å². The molecule has 0 saturated carbocycles. The van der Waals surface area contributed by atoms with Gasteiger partial charge < -0.3 is 22.1 Å². The summed E-state index contributed by atoms with van der Waals surface area (Å²) in [5.41, 5.74) is 2.66. The van der Waals surface area contributed by atoms with E-state index in [1.54, 1.807) is 0 Å². The first-order valence-corrected chi connectivity index (χ1v) is 19.2. The maximum atomic E-state index is 6.77. The molecule has 1 fully saturated rings. The van der Waals surface area contributed by atoms with E-state index in [-0.39, 0.29) is 10.9 Å². The predicted molar refractivity (Wildman–Crippen MR) is 153 cm³/mol. The van der Waals surface area contributed by atoms with Crippen molar-refractivity contribution in [2.75, 3.05) is 32.2 Å². The van der Waals surface area contributed by atoms with Crippen molar-refractivity contribution < 1.29 is 22.1 Å². The van der Waals surface area contributed by atoms with Gasteiger partial charge in [-0.2, -0.15) is 0 Å². The van der Waals surface area contributed by atoms with Gasteiger partial charge in [-0.1, -0.05) is 60.7 Å². The second kappa shape index (κ2) is 14.3. The molecule has 1 heterocycles. The van der Waals surface area contributed by atoms with Gasteiger partial charge in [0.25, 0.3) is 0 Å². The quantitative estimate of drug-likeness (QED) is 0.179. The van der Waals surface area contributed by atoms with Crippen LogP contribution in [0.15, 0.2) is 60.7 Å². The fourth-order valence-electron chi connectivity index (χ4n) is 5.05. The molecule has 1 saturated heterocycles. The number of rotatable bonds is 15. The van der Waals surface area contributed by atoms with Crippen LogP contribution in [0.3, 0.4) is 0 Å². The van der Waals surface area contributed by atoms with Crippen molar-refractivity contribution in [3.63, 3.8) is 0 Å². The van der Waals surface area contributed by atoms with E-state index in [1.165, 1.54) is 11.1 Å². The van der Waals surface area contributed by atoms with Gasteiger partial charge in [-0.25, -0.2) is 0 Å². The minimum absolute atomic E-state index is 0.100. The molecule has 0 amide bonds. The molecule has 1 atom stereocenters. The molecular formula is C28H44O5SSi2. The molecule has 8 heteroatoms. The summed E-state index contributed by atoms with van der Waals surface area (Å²) in [6.45, 7) is 12.6. The third-order valence-electron chi connectivity index (χ3n) is 6.72. The van der Waals surface area contributed by atoms with Crippen LogP contribution in [-0.2, 0) is 26.9 Å². The van der Waals surface area contributed by atoms with Gasteiger partial charge in [0.1, 0.15) is 0 Å². The Bertz CT molecular complexity index is 835. The zero-order valence-corrected chi connectivity index (χ0v) is 25.5. The Morgan fingerprint density at radius 2 is 1.31 bits per heavy atom. The molecule has 2 aromatic carbocycles. The third-order valence-corrected chi connectivity index (χ3v) is 19.3. The van der Waals surface area contributed by atoms with E-state index >= 15 is 0 Å². The van der Waals surface area contributed by atoms with E-state index in [2.05, 4.69) is 67.6 Å². The van der Waals surface area contributed by atoms with Crippen LogP contribution in [0.2, 0.25) is 6.04 Å². The fourth-order valence-corrected chi connectivity index (χ4v) is 17.8. The highest BCUT2D eigenvalue weighted by molar-refractivity contribution is 8.00. The summed E-state index contributed by atoms with van der Waals surface area (Å²) >= 11 is 2.01. The SMILES string of the molecule is CCO[Si]1(OCC)CCC(CCCSC(C)(c2ccccc2)c2ccccc2)O[Si]1(OCC)OCC. The van der Waals surface area contributed by atoms with Crippen molar-refractivity contribution in [1.82, 2.24) is 0 Å². The molecule has 0 radical (unpaired) electrons. The number of hydrogen-bond acceptors (Lipinski definition) is 6. The first kappa shape index (κ1) is 29.6. The first-order valence-electron chi connectivity index (χ1n) is 13.5.